The van der Waals surface area contributed by atoms with Crippen LogP contribution in [0.2, 0.25) is 0 Å². The normalized spacial score (nSPS) is 12.1. The van der Waals surface area contributed by atoms with Gasteiger partial charge in [0.15, 0.2) is 0 Å². The van der Waals surface area contributed by atoms with Gasteiger partial charge in [0.2, 0.25) is 0 Å². The van der Waals surface area contributed by atoms with Crippen molar-refractivity contribution in [2.75, 3.05) is 13.6 Å². The third-order valence-electron chi connectivity index (χ3n) is 3.81. The highest BCUT2D eigenvalue weighted by atomic mass is 15.3. The van der Waals surface area contributed by atoms with E-state index in [0.717, 1.165) is 24.7 Å². The van der Waals surface area contributed by atoms with E-state index in [-0.39, 0.29) is 5.41 Å². The molecule has 0 unspecified atom stereocenters. The molecule has 1 aromatic heterocycles. The van der Waals surface area contributed by atoms with Gasteiger partial charge in [-0.05, 0) is 19.5 Å². The van der Waals surface area contributed by atoms with Crippen molar-refractivity contribution < 1.29 is 0 Å². The van der Waals surface area contributed by atoms with Crippen LogP contribution in [0.15, 0.2) is 30.3 Å². The van der Waals surface area contributed by atoms with Crippen LogP contribution < -0.4 is 0 Å². The number of hydrogen-bond donors (Lipinski definition) is 0. The number of likely N-dealkylation sites (N-methyl/N-ethyl adjacent to an activating group) is 1. The summed E-state index contributed by atoms with van der Waals surface area (Å²) in [5, 5.41) is 8.34. The van der Waals surface area contributed by atoms with Crippen LogP contribution in [0.4, 0.5) is 0 Å². The summed E-state index contributed by atoms with van der Waals surface area (Å²) in [4.78, 5) is 2.30. The van der Waals surface area contributed by atoms with Gasteiger partial charge in [0, 0.05) is 19.0 Å². The topological polar surface area (TPSA) is 34.0 Å². The van der Waals surface area contributed by atoms with Gasteiger partial charge >= 0.3 is 0 Å². The Morgan fingerprint density at radius 2 is 1.80 bits per heavy atom. The smallest absolute Gasteiger partial charge is 0.146 e. The van der Waals surface area contributed by atoms with Crippen LogP contribution in [0.5, 0.6) is 0 Å². The number of benzene rings is 1. The second kappa shape index (κ2) is 5.75. The fraction of sp³-hybridized carbons (Fsp3) is 0.500. The molecule has 0 aliphatic carbocycles. The van der Waals surface area contributed by atoms with E-state index in [4.69, 9.17) is 0 Å². The highest BCUT2D eigenvalue weighted by Gasteiger charge is 2.23. The first-order valence-electron chi connectivity index (χ1n) is 6.99. The summed E-state index contributed by atoms with van der Waals surface area (Å²) in [5.41, 5.74) is 1.48. The zero-order valence-corrected chi connectivity index (χ0v) is 13.1. The molecule has 4 nitrogen and oxygen atoms in total. The van der Waals surface area contributed by atoms with E-state index >= 15 is 0 Å². The van der Waals surface area contributed by atoms with Gasteiger partial charge in [-0.2, -0.15) is 0 Å². The van der Waals surface area contributed by atoms with Crippen molar-refractivity contribution in [3.05, 3.63) is 47.5 Å². The van der Waals surface area contributed by atoms with Crippen molar-refractivity contribution >= 4 is 0 Å². The second-order valence-corrected chi connectivity index (χ2v) is 6.14. The molecule has 0 saturated heterocycles. The lowest BCUT2D eigenvalue weighted by Crippen LogP contribution is -2.34. The Balaban J connectivity index is 2.04. The number of hydrogen-bond acceptors (Lipinski definition) is 3. The molecule has 2 aromatic rings. The molecule has 0 atom stereocenters. The monoisotopic (exact) mass is 272 g/mol. The second-order valence-electron chi connectivity index (χ2n) is 6.14. The summed E-state index contributed by atoms with van der Waals surface area (Å²) < 4.78 is 2.05. The molecular weight excluding hydrogens is 248 g/mol. The molecule has 2 rings (SSSR count). The predicted octanol–water partition coefficient (Wildman–Crippen LogP) is 2.53. The van der Waals surface area contributed by atoms with Crippen molar-refractivity contribution in [3.8, 4) is 0 Å². The Kier molecular flexibility index (Phi) is 4.23. The Labute approximate surface area is 121 Å². The van der Waals surface area contributed by atoms with Crippen LogP contribution in [0.25, 0.3) is 0 Å². The molecule has 0 N–H and O–H groups in total. The third kappa shape index (κ3) is 3.25. The number of aryl methyl sites for hydroxylation is 1. The highest BCUT2D eigenvalue weighted by Crippen LogP contribution is 2.24. The van der Waals surface area contributed by atoms with Crippen molar-refractivity contribution in [3.63, 3.8) is 0 Å². The summed E-state index contributed by atoms with van der Waals surface area (Å²) in [6, 6.07) is 10.7. The Hall–Kier alpha value is -1.68. The molecule has 0 fully saturated rings. The van der Waals surface area contributed by atoms with Gasteiger partial charge < -0.3 is 4.57 Å². The molecule has 0 bridgehead atoms. The highest BCUT2D eigenvalue weighted by molar-refractivity contribution is 5.23. The van der Waals surface area contributed by atoms with Crippen LogP contribution in [-0.2, 0) is 19.0 Å². The number of aromatic nitrogens is 3. The fourth-order valence-corrected chi connectivity index (χ4v) is 2.54. The fourth-order valence-electron chi connectivity index (χ4n) is 2.54. The van der Waals surface area contributed by atoms with Crippen LogP contribution in [0, 0.1) is 6.92 Å². The van der Waals surface area contributed by atoms with Gasteiger partial charge in [0.25, 0.3) is 0 Å². The number of nitrogens with zero attached hydrogens (tertiary/aromatic N) is 4. The standard InChI is InChI=1S/C16H24N4/c1-13-17-18-15(20(13)5)11-19(4)12-16(2,3)14-9-7-6-8-10-14/h6-10H,11-12H2,1-5H3. The SMILES string of the molecule is Cc1nnc(CN(C)CC(C)(C)c2ccccc2)n1C. The molecule has 0 radical (unpaired) electrons. The van der Waals surface area contributed by atoms with E-state index in [1.54, 1.807) is 0 Å². The molecule has 0 aliphatic rings. The van der Waals surface area contributed by atoms with Crippen LogP contribution in [-0.4, -0.2) is 33.3 Å². The van der Waals surface area contributed by atoms with Crippen molar-refractivity contribution in [1.82, 2.24) is 19.7 Å². The van der Waals surface area contributed by atoms with E-state index in [2.05, 4.69) is 66.3 Å². The molecule has 0 saturated carbocycles. The van der Waals surface area contributed by atoms with Crippen molar-refractivity contribution in [1.29, 1.82) is 0 Å². The quantitative estimate of drug-likeness (QED) is 0.839. The minimum absolute atomic E-state index is 0.115. The molecule has 0 amide bonds. The molecule has 108 valence electrons. The van der Waals surface area contributed by atoms with Crippen molar-refractivity contribution in [2.45, 2.75) is 32.7 Å². The lowest BCUT2D eigenvalue weighted by molar-refractivity contribution is 0.253. The van der Waals surface area contributed by atoms with E-state index in [9.17, 15) is 0 Å². The van der Waals surface area contributed by atoms with Gasteiger partial charge in [-0.3, -0.25) is 4.90 Å². The maximum Gasteiger partial charge on any atom is 0.146 e. The summed E-state index contributed by atoms with van der Waals surface area (Å²) >= 11 is 0. The number of rotatable bonds is 5. The molecule has 20 heavy (non-hydrogen) atoms. The van der Waals surface area contributed by atoms with Gasteiger partial charge in [0.05, 0.1) is 6.54 Å². The third-order valence-corrected chi connectivity index (χ3v) is 3.81. The summed E-state index contributed by atoms with van der Waals surface area (Å²) in [6.07, 6.45) is 0. The maximum absolute atomic E-state index is 4.23. The first-order valence-corrected chi connectivity index (χ1v) is 6.99. The Morgan fingerprint density at radius 1 is 1.15 bits per heavy atom. The first kappa shape index (κ1) is 14.7. The molecule has 1 aromatic carbocycles. The van der Waals surface area contributed by atoms with E-state index in [1.165, 1.54) is 5.56 Å². The largest absolute Gasteiger partial charge is 0.317 e. The average Bonchev–Trinajstić information content (AvgIpc) is 2.71. The molecule has 4 heteroatoms. The van der Waals surface area contributed by atoms with Gasteiger partial charge in [-0.1, -0.05) is 44.2 Å². The first-order chi connectivity index (χ1) is 9.40. The average molecular weight is 272 g/mol. The van der Waals surface area contributed by atoms with Crippen LogP contribution >= 0.6 is 0 Å². The lowest BCUT2D eigenvalue weighted by Gasteiger charge is -2.30. The Bertz CT molecular complexity index is 557. The minimum atomic E-state index is 0.115. The van der Waals surface area contributed by atoms with Gasteiger partial charge in [0.1, 0.15) is 11.6 Å². The van der Waals surface area contributed by atoms with Gasteiger partial charge in [-0.25, -0.2) is 0 Å². The maximum atomic E-state index is 4.23. The van der Waals surface area contributed by atoms with Crippen LogP contribution in [0.1, 0.15) is 31.1 Å². The molecular formula is C16H24N4. The molecule has 1 heterocycles. The molecule has 0 spiro atoms. The van der Waals surface area contributed by atoms with E-state index in [1.807, 2.05) is 18.5 Å². The van der Waals surface area contributed by atoms with Crippen molar-refractivity contribution in [2.24, 2.45) is 7.05 Å². The molecule has 0 aliphatic heterocycles. The zero-order chi connectivity index (χ0) is 14.8. The summed E-state index contributed by atoms with van der Waals surface area (Å²) in [7, 11) is 4.15. The Morgan fingerprint density at radius 3 is 2.35 bits per heavy atom. The predicted molar refractivity (Wildman–Crippen MR) is 81.5 cm³/mol. The van der Waals surface area contributed by atoms with E-state index < -0.39 is 0 Å². The lowest BCUT2D eigenvalue weighted by atomic mass is 9.84. The zero-order valence-electron chi connectivity index (χ0n) is 13.1. The van der Waals surface area contributed by atoms with Gasteiger partial charge in [-0.15, -0.1) is 10.2 Å². The van der Waals surface area contributed by atoms with Crippen LogP contribution in [0.3, 0.4) is 0 Å². The summed E-state index contributed by atoms with van der Waals surface area (Å²) in [6.45, 7) is 8.32. The summed E-state index contributed by atoms with van der Waals surface area (Å²) in [5.74, 6) is 1.96. The minimum Gasteiger partial charge on any atom is -0.317 e. The van der Waals surface area contributed by atoms with E-state index in [0.29, 0.717) is 0 Å².